The molecule has 3 rings (SSSR count). The van der Waals surface area contributed by atoms with Gasteiger partial charge in [0.05, 0.1) is 18.8 Å². The molecule has 17 heavy (non-hydrogen) atoms. The lowest BCUT2D eigenvalue weighted by atomic mass is 9.77. The Balaban J connectivity index is 1.95. The molecule has 94 valence electrons. The van der Waals surface area contributed by atoms with Crippen LogP contribution in [0.1, 0.15) is 25.3 Å². The number of rotatable bonds is 1. The molecule has 2 atom stereocenters. The van der Waals surface area contributed by atoms with Gasteiger partial charge in [-0.3, -0.25) is 0 Å². The second-order valence-corrected chi connectivity index (χ2v) is 6.98. The third kappa shape index (κ3) is 1.96. The molecule has 4 nitrogen and oxygen atoms in total. The zero-order valence-electron chi connectivity index (χ0n) is 9.83. The van der Waals surface area contributed by atoms with Crippen LogP contribution < -0.4 is 5.48 Å². The lowest BCUT2D eigenvalue weighted by molar-refractivity contribution is -0.116. The molecule has 2 saturated heterocycles. The third-order valence-corrected chi connectivity index (χ3v) is 5.25. The molecule has 0 bridgehead atoms. The average molecular weight is 319 g/mol. The highest BCUT2D eigenvalue weighted by molar-refractivity contribution is 9.10. The molecule has 2 unspecified atom stereocenters. The fourth-order valence-electron chi connectivity index (χ4n) is 2.58. The number of nitrogens with one attached hydrogen (secondary N) is 1. The Morgan fingerprint density at radius 1 is 1.59 bits per heavy atom. The summed E-state index contributed by atoms with van der Waals surface area (Å²) in [5.74, 6) is 0.421. The van der Waals surface area contributed by atoms with E-state index in [0.29, 0.717) is 12.5 Å². The van der Waals surface area contributed by atoms with Gasteiger partial charge in [-0.05, 0) is 36.2 Å². The second kappa shape index (κ2) is 3.99. The van der Waals surface area contributed by atoms with E-state index in [-0.39, 0.29) is 11.1 Å². The highest BCUT2D eigenvalue weighted by Crippen LogP contribution is 2.45. The van der Waals surface area contributed by atoms with Gasteiger partial charge in [0.15, 0.2) is 0 Å². The first kappa shape index (κ1) is 12.0. The number of thiazole rings is 1. The summed E-state index contributed by atoms with van der Waals surface area (Å²) in [5.41, 5.74) is 2.81. The number of hydroxylamine groups is 1. The Morgan fingerprint density at radius 3 is 3.12 bits per heavy atom. The smallest absolute Gasteiger partial charge is 0.123 e. The minimum Gasteiger partial charge on any atom is -0.373 e. The standard InChI is InChI=1S/C11H15BrN2O2S/c1-10(2)3-7-4-16-14-11(7,6-15-10)9-13-8(12)5-17-9/h5,7,14H,3-4,6H2,1-2H3. The van der Waals surface area contributed by atoms with Crippen LogP contribution in [0.4, 0.5) is 0 Å². The van der Waals surface area contributed by atoms with Crippen LogP contribution in [-0.2, 0) is 15.1 Å². The molecule has 0 radical (unpaired) electrons. The Kier molecular flexibility index (Phi) is 2.83. The Hall–Kier alpha value is -0.0100. The monoisotopic (exact) mass is 318 g/mol. The number of ether oxygens (including phenoxy) is 1. The minimum absolute atomic E-state index is 0.0714. The molecule has 2 fully saturated rings. The van der Waals surface area contributed by atoms with Crippen molar-refractivity contribution in [1.29, 1.82) is 0 Å². The molecule has 2 aliphatic rings. The quantitative estimate of drug-likeness (QED) is 0.863. The lowest BCUT2D eigenvalue weighted by Gasteiger charge is -2.43. The number of halogens is 1. The van der Waals surface area contributed by atoms with Gasteiger partial charge >= 0.3 is 0 Å². The fourth-order valence-corrected chi connectivity index (χ4v) is 4.04. The Bertz CT molecular complexity index is 437. The first-order valence-corrected chi connectivity index (χ1v) is 7.34. The number of hydrogen-bond donors (Lipinski definition) is 1. The van der Waals surface area contributed by atoms with Crippen molar-refractivity contribution in [2.45, 2.75) is 31.4 Å². The van der Waals surface area contributed by atoms with E-state index in [1.165, 1.54) is 0 Å². The number of hydrogen-bond acceptors (Lipinski definition) is 5. The van der Waals surface area contributed by atoms with E-state index in [1.807, 2.05) is 5.38 Å². The van der Waals surface area contributed by atoms with Crippen LogP contribution in [0.5, 0.6) is 0 Å². The Morgan fingerprint density at radius 2 is 2.41 bits per heavy atom. The van der Waals surface area contributed by atoms with Crippen LogP contribution in [0.2, 0.25) is 0 Å². The first-order chi connectivity index (χ1) is 8.02. The second-order valence-electron chi connectivity index (χ2n) is 5.31. The van der Waals surface area contributed by atoms with Crippen molar-refractivity contribution in [3.63, 3.8) is 0 Å². The van der Waals surface area contributed by atoms with Crippen molar-refractivity contribution in [2.24, 2.45) is 5.92 Å². The summed E-state index contributed by atoms with van der Waals surface area (Å²) in [6.07, 6.45) is 0.983. The minimum atomic E-state index is -0.258. The molecule has 1 N–H and O–H groups in total. The number of aromatic nitrogens is 1. The van der Waals surface area contributed by atoms with Crippen LogP contribution in [0.15, 0.2) is 9.98 Å². The summed E-state index contributed by atoms with van der Waals surface area (Å²) in [6.45, 7) is 5.61. The normalized spacial score (nSPS) is 35.8. The summed E-state index contributed by atoms with van der Waals surface area (Å²) < 4.78 is 6.83. The van der Waals surface area contributed by atoms with Gasteiger partial charge < -0.3 is 9.57 Å². The van der Waals surface area contributed by atoms with Crippen molar-refractivity contribution >= 4 is 27.3 Å². The van der Waals surface area contributed by atoms with Gasteiger partial charge in [0.1, 0.15) is 15.1 Å². The maximum Gasteiger partial charge on any atom is 0.123 e. The van der Waals surface area contributed by atoms with Gasteiger partial charge in [-0.15, -0.1) is 11.3 Å². The van der Waals surface area contributed by atoms with Gasteiger partial charge in [0, 0.05) is 11.3 Å². The van der Waals surface area contributed by atoms with Crippen LogP contribution in [-0.4, -0.2) is 23.8 Å². The summed E-state index contributed by atoms with van der Waals surface area (Å²) >= 11 is 5.05. The van der Waals surface area contributed by atoms with Crippen LogP contribution >= 0.6 is 27.3 Å². The van der Waals surface area contributed by atoms with Gasteiger partial charge in [0.2, 0.25) is 0 Å². The van der Waals surface area contributed by atoms with Gasteiger partial charge in [-0.25, -0.2) is 4.98 Å². The van der Waals surface area contributed by atoms with Gasteiger partial charge in [-0.1, -0.05) is 0 Å². The van der Waals surface area contributed by atoms with Crippen LogP contribution in [0, 0.1) is 5.92 Å². The molecule has 0 spiro atoms. The summed E-state index contributed by atoms with van der Waals surface area (Å²) in [4.78, 5) is 10.0. The zero-order valence-corrected chi connectivity index (χ0v) is 12.2. The molecular weight excluding hydrogens is 304 g/mol. The van der Waals surface area contributed by atoms with E-state index in [4.69, 9.17) is 9.57 Å². The van der Waals surface area contributed by atoms with E-state index in [9.17, 15) is 0 Å². The van der Waals surface area contributed by atoms with Gasteiger partial charge in [-0.2, -0.15) is 5.48 Å². The molecule has 0 aliphatic carbocycles. The third-order valence-electron chi connectivity index (χ3n) is 3.52. The maximum atomic E-state index is 5.96. The van der Waals surface area contributed by atoms with Crippen molar-refractivity contribution in [3.8, 4) is 0 Å². The fraction of sp³-hybridized carbons (Fsp3) is 0.727. The van der Waals surface area contributed by atoms with Crippen LogP contribution in [0.25, 0.3) is 0 Å². The number of nitrogens with zero attached hydrogens (tertiary/aromatic N) is 1. The van der Waals surface area contributed by atoms with E-state index >= 15 is 0 Å². The maximum absolute atomic E-state index is 5.96. The first-order valence-electron chi connectivity index (χ1n) is 5.66. The molecular formula is C11H15BrN2O2S. The molecule has 3 heterocycles. The topological polar surface area (TPSA) is 43.4 Å². The predicted octanol–water partition coefficient (Wildman–Crippen LogP) is 2.45. The van der Waals surface area contributed by atoms with Crippen molar-refractivity contribution in [1.82, 2.24) is 10.5 Å². The molecule has 0 amide bonds. The molecule has 1 aromatic heterocycles. The average Bonchev–Trinajstić information content (AvgIpc) is 2.83. The van der Waals surface area contributed by atoms with E-state index in [1.54, 1.807) is 11.3 Å². The van der Waals surface area contributed by atoms with Crippen LogP contribution in [0.3, 0.4) is 0 Å². The Labute approximate surface area is 113 Å². The molecule has 0 aromatic carbocycles. The van der Waals surface area contributed by atoms with E-state index < -0.39 is 0 Å². The SMILES string of the molecule is CC1(C)CC2CONC2(c2nc(Br)cs2)CO1. The summed E-state index contributed by atoms with van der Waals surface area (Å²) in [5, 5.41) is 3.04. The lowest BCUT2D eigenvalue weighted by Crippen LogP contribution is -2.53. The largest absolute Gasteiger partial charge is 0.373 e. The molecule has 6 heteroatoms. The zero-order chi connectivity index (χ0) is 12.1. The summed E-state index contributed by atoms with van der Waals surface area (Å²) in [7, 11) is 0. The molecule has 2 aliphatic heterocycles. The highest BCUT2D eigenvalue weighted by atomic mass is 79.9. The van der Waals surface area contributed by atoms with Gasteiger partial charge in [0.25, 0.3) is 0 Å². The van der Waals surface area contributed by atoms with Crippen molar-refractivity contribution < 1.29 is 9.57 Å². The number of fused-ring (bicyclic) bond motifs is 1. The predicted molar refractivity (Wildman–Crippen MR) is 68.7 cm³/mol. The van der Waals surface area contributed by atoms with Crippen molar-refractivity contribution in [3.05, 3.63) is 15.0 Å². The van der Waals surface area contributed by atoms with E-state index in [2.05, 4.69) is 40.2 Å². The van der Waals surface area contributed by atoms with Crippen molar-refractivity contribution in [2.75, 3.05) is 13.2 Å². The highest BCUT2D eigenvalue weighted by Gasteiger charge is 2.53. The summed E-state index contributed by atoms with van der Waals surface area (Å²) in [6, 6.07) is 0. The molecule has 1 aromatic rings. The molecule has 0 saturated carbocycles. The van der Waals surface area contributed by atoms with E-state index in [0.717, 1.165) is 22.6 Å².